The Kier molecular flexibility index (Phi) is 4.12. The molecule has 0 saturated heterocycles. The van der Waals surface area contributed by atoms with Crippen molar-refractivity contribution in [1.82, 2.24) is 4.98 Å². The fourth-order valence-corrected chi connectivity index (χ4v) is 1.83. The van der Waals surface area contributed by atoms with Crippen LogP contribution in [-0.4, -0.2) is 4.98 Å². The molecule has 0 unspecified atom stereocenters. The molecule has 1 heterocycles. The van der Waals surface area contributed by atoms with Crippen LogP contribution in [0.1, 0.15) is 11.1 Å². The molecule has 3 nitrogen and oxygen atoms in total. The van der Waals surface area contributed by atoms with Crippen molar-refractivity contribution in [2.45, 2.75) is 13.2 Å². The van der Waals surface area contributed by atoms with Gasteiger partial charge in [-0.05, 0) is 29.8 Å². The highest BCUT2D eigenvalue weighted by molar-refractivity contribution is 9.10. The average molecular weight is 293 g/mol. The van der Waals surface area contributed by atoms with Crippen molar-refractivity contribution in [2.75, 3.05) is 0 Å². The molecule has 4 heteroatoms. The molecule has 0 fully saturated rings. The van der Waals surface area contributed by atoms with E-state index in [4.69, 9.17) is 10.5 Å². The third-order valence-corrected chi connectivity index (χ3v) is 2.78. The maximum Gasteiger partial charge on any atom is 0.120 e. The predicted molar refractivity (Wildman–Crippen MR) is 70.6 cm³/mol. The molecule has 0 amide bonds. The van der Waals surface area contributed by atoms with Crippen molar-refractivity contribution in [3.05, 3.63) is 58.3 Å². The van der Waals surface area contributed by atoms with Gasteiger partial charge in [-0.15, -0.1) is 0 Å². The summed E-state index contributed by atoms with van der Waals surface area (Å²) in [5.41, 5.74) is 7.59. The summed E-state index contributed by atoms with van der Waals surface area (Å²) in [6, 6.07) is 9.76. The normalized spacial score (nSPS) is 10.2. The molecule has 0 aliphatic rings. The number of pyridine rings is 1. The topological polar surface area (TPSA) is 48.1 Å². The molecule has 0 aliphatic heterocycles. The molecule has 2 rings (SSSR count). The van der Waals surface area contributed by atoms with Crippen LogP contribution in [0.15, 0.2) is 47.2 Å². The molecular formula is C13H13BrN2O. The van der Waals surface area contributed by atoms with Crippen LogP contribution in [0.25, 0.3) is 0 Å². The zero-order chi connectivity index (χ0) is 12.1. The van der Waals surface area contributed by atoms with Crippen molar-refractivity contribution in [3.8, 4) is 5.75 Å². The van der Waals surface area contributed by atoms with Crippen molar-refractivity contribution in [2.24, 2.45) is 5.73 Å². The van der Waals surface area contributed by atoms with E-state index < -0.39 is 0 Å². The van der Waals surface area contributed by atoms with Gasteiger partial charge >= 0.3 is 0 Å². The Morgan fingerprint density at radius 2 is 2.00 bits per heavy atom. The Morgan fingerprint density at radius 1 is 1.18 bits per heavy atom. The van der Waals surface area contributed by atoms with Crippen molar-refractivity contribution >= 4 is 15.9 Å². The summed E-state index contributed by atoms with van der Waals surface area (Å²) in [5, 5.41) is 0. The average Bonchev–Trinajstić information content (AvgIpc) is 2.37. The van der Waals surface area contributed by atoms with Gasteiger partial charge in [0.2, 0.25) is 0 Å². The van der Waals surface area contributed by atoms with E-state index in [0.29, 0.717) is 13.2 Å². The highest BCUT2D eigenvalue weighted by Crippen LogP contribution is 2.18. The lowest BCUT2D eigenvalue weighted by atomic mass is 10.2. The summed E-state index contributed by atoms with van der Waals surface area (Å²) in [5.74, 6) is 0.831. The lowest BCUT2D eigenvalue weighted by Crippen LogP contribution is -2.01. The number of rotatable bonds is 4. The number of nitrogens with two attached hydrogens (primary N) is 1. The molecule has 2 N–H and O–H groups in total. The first-order chi connectivity index (χ1) is 8.28. The standard InChI is InChI=1S/C13H13BrN2O/c14-12-2-1-3-13(5-12)17-9-11-4-10(6-15)7-16-8-11/h1-5,7-8H,6,9,15H2. The Labute approximate surface area is 109 Å². The third-order valence-electron chi connectivity index (χ3n) is 2.29. The zero-order valence-corrected chi connectivity index (χ0v) is 10.9. The number of halogens is 1. The van der Waals surface area contributed by atoms with Crippen LogP contribution in [0, 0.1) is 0 Å². The van der Waals surface area contributed by atoms with Crippen LogP contribution in [0.2, 0.25) is 0 Å². The molecule has 88 valence electrons. The van der Waals surface area contributed by atoms with Crippen LogP contribution in [0.4, 0.5) is 0 Å². The summed E-state index contributed by atoms with van der Waals surface area (Å²) < 4.78 is 6.67. The highest BCUT2D eigenvalue weighted by Gasteiger charge is 1.98. The maximum absolute atomic E-state index is 5.66. The Balaban J connectivity index is 2.02. The molecule has 2 aromatic rings. The number of ether oxygens (including phenoxy) is 1. The van der Waals surface area contributed by atoms with Gasteiger partial charge in [0.1, 0.15) is 12.4 Å². The molecular weight excluding hydrogens is 280 g/mol. The van der Waals surface area contributed by atoms with Crippen LogP contribution < -0.4 is 10.5 Å². The molecule has 1 aromatic carbocycles. The summed E-state index contributed by atoms with van der Waals surface area (Å²) in [4.78, 5) is 4.12. The van der Waals surface area contributed by atoms with Crippen molar-refractivity contribution in [3.63, 3.8) is 0 Å². The van der Waals surface area contributed by atoms with Gasteiger partial charge in [0, 0.05) is 29.0 Å². The number of nitrogens with zero attached hydrogens (tertiary/aromatic N) is 1. The van der Waals surface area contributed by atoms with Crippen molar-refractivity contribution < 1.29 is 4.74 Å². The molecule has 0 bridgehead atoms. The van der Waals surface area contributed by atoms with E-state index in [0.717, 1.165) is 21.3 Å². The Bertz CT molecular complexity index is 502. The second-order valence-electron chi connectivity index (χ2n) is 3.65. The van der Waals surface area contributed by atoms with E-state index in [-0.39, 0.29) is 0 Å². The molecule has 0 radical (unpaired) electrons. The Morgan fingerprint density at radius 3 is 2.76 bits per heavy atom. The van der Waals surface area contributed by atoms with Crippen LogP contribution in [0.5, 0.6) is 5.75 Å². The van der Waals surface area contributed by atoms with Gasteiger partial charge in [-0.25, -0.2) is 0 Å². The second kappa shape index (κ2) is 5.80. The maximum atomic E-state index is 5.66. The van der Waals surface area contributed by atoms with Gasteiger partial charge in [-0.1, -0.05) is 22.0 Å². The van der Waals surface area contributed by atoms with E-state index in [1.165, 1.54) is 0 Å². The van der Waals surface area contributed by atoms with Gasteiger partial charge in [0.25, 0.3) is 0 Å². The predicted octanol–water partition coefficient (Wildman–Crippen LogP) is 2.88. The second-order valence-corrected chi connectivity index (χ2v) is 4.57. The molecule has 0 aliphatic carbocycles. The van der Waals surface area contributed by atoms with Gasteiger partial charge in [-0.2, -0.15) is 0 Å². The highest BCUT2D eigenvalue weighted by atomic mass is 79.9. The van der Waals surface area contributed by atoms with Gasteiger partial charge in [0.15, 0.2) is 0 Å². The van der Waals surface area contributed by atoms with Gasteiger partial charge in [0.05, 0.1) is 0 Å². The number of hydrogen-bond donors (Lipinski definition) is 1. The van der Waals surface area contributed by atoms with E-state index in [9.17, 15) is 0 Å². The lowest BCUT2D eigenvalue weighted by molar-refractivity contribution is 0.305. The first-order valence-electron chi connectivity index (χ1n) is 5.29. The molecule has 0 saturated carbocycles. The van der Waals surface area contributed by atoms with E-state index in [1.807, 2.05) is 30.3 Å². The summed E-state index contributed by atoms with van der Waals surface area (Å²) >= 11 is 3.40. The largest absolute Gasteiger partial charge is 0.489 e. The third kappa shape index (κ3) is 3.54. The molecule has 17 heavy (non-hydrogen) atoms. The van der Waals surface area contributed by atoms with Crippen LogP contribution >= 0.6 is 15.9 Å². The minimum atomic E-state index is 0.497. The minimum absolute atomic E-state index is 0.497. The van der Waals surface area contributed by atoms with E-state index in [1.54, 1.807) is 12.4 Å². The summed E-state index contributed by atoms with van der Waals surface area (Å²) in [6.45, 7) is 0.995. The van der Waals surface area contributed by atoms with Crippen LogP contribution in [0.3, 0.4) is 0 Å². The first-order valence-corrected chi connectivity index (χ1v) is 6.08. The fraction of sp³-hybridized carbons (Fsp3) is 0.154. The smallest absolute Gasteiger partial charge is 0.120 e. The monoisotopic (exact) mass is 292 g/mol. The zero-order valence-electron chi connectivity index (χ0n) is 9.27. The van der Waals surface area contributed by atoms with Crippen LogP contribution in [-0.2, 0) is 13.2 Å². The quantitative estimate of drug-likeness (QED) is 0.943. The molecule has 1 aromatic heterocycles. The van der Waals surface area contributed by atoms with E-state index >= 15 is 0 Å². The lowest BCUT2D eigenvalue weighted by Gasteiger charge is -2.07. The minimum Gasteiger partial charge on any atom is -0.489 e. The number of hydrogen-bond acceptors (Lipinski definition) is 3. The summed E-state index contributed by atoms with van der Waals surface area (Å²) in [6.07, 6.45) is 3.56. The fourth-order valence-electron chi connectivity index (χ4n) is 1.46. The molecule has 0 atom stereocenters. The SMILES string of the molecule is NCc1cncc(COc2cccc(Br)c2)c1. The van der Waals surface area contributed by atoms with Crippen molar-refractivity contribution in [1.29, 1.82) is 0 Å². The number of aromatic nitrogens is 1. The number of benzene rings is 1. The molecule has 0 spiro atoms. The van der Waals surface area contributed by atoms with Gasteiger partial charge in [-0.3, -0.25) is 4.98 Å². The summed E-state index contributed by atoms with van der Waals surface area (Å²) in [7, 11) is 0. The first kappa shape index (κ1) is 12.1. The Hall–Kier alpha value is -1.39. The van der Waals surface area contributed by atoms with Gasteiger partial charge < -0.3 is 10.5 Å². The van der Waals surface area contributed by atoms with E-state index in [2.05, 4.69) is 20.9 Å².